The second kappa shape index (κ2) is 7.08. The maximum Gasteiger partial charge on any atom is 0.243 e. The van der Waals surface area contributed by atoms with Crippen LogP contribution < -0.4 is 10.0 Å². The quantitative estimate of drug-likeness (QED) is 0.808. The highest BCUT2D eigenvalue weighted by atomic mass is 32.2. The van der Waals surface area contributed by atoms with Gasteiger partial charge >= 0.3 is 0 Å². The van der Waals surface area contributed by atoms with Gasteiger partial charge in [-0.05, 0) is 24.7 Å². The Hall–Kier alpha value is -1.35. The molecule has 1 aromatic heterocycles. The maximum atomic E-state index is 13.8. The molecule has 8 heteroatoms. The number of nitrogens with zero attached hydrogens (tertiary/aromatic N) is 1. The van der Waals surface area contributed by atoms with Gasteiger partial charge in [-0.25, -0.2) is 22.5 Å². The monoisotopic (exact) mass is 329 g/mol. The summed E-state index contributed by atoms with van der Waals surface area (Å²) in [6.45, 7) is 0.660. The van der Waals surface area contributed by atoms with Crippen molar-refractivity contribution in [2.45, 2.75) is 17.9 Å². The average Bonchev–Trinajstić information content (AvgIpc) is 2.94. The van der Waals surface area contributed by atoms with Gasteiger partial charge in [0.05, 0.1) is 5.01 Å². The van der Waals surface area contributed by atoms with Gasteiger partial charge in [0.2, 0.25) is 10.0 Å². The van der Waals surface area contributed by atoms with Crippen molar-refractivity contribution >= 4 is 21.4 Å². The van der Waals surface area contributed by atoms with Crippen LogP contribution in [0.3, 0.4) is 0 Å². The lowest BCUT2D eigenvalue weighted by Gasteiger charge is -2.09. The summed E-state index contributed by atoms with van der Waals surface area (Å²) in [5.41, 5.74) is 0.708. The normalized spacial score (nSPS) is 11.7. The Kier molecular flexibility index (Phi) is 5.40. The zero-order chi connectivity index (χ0) is 15.3. The van der Waals surface area contributed by atoms with E-state index in [1.165, 1.54) is 23.5 Å². The van der Waals surface area contributed by atoms with Gasteiger partial charge in [0.25, 0.3) is 0 Å². The Morgan fingerprint density at radius 2 is 2.19 bits per heavy atom. The van der Waals surface area contributed by atoms with Crippen LogP contribution in [-0.4, -0.2) is 27.0 Å². The number of aromatic nitrogens is 1. The van der Waals surface area contributed by atoms with Crippen LogP contribution in [0, 0.1) is 5.82 Å². The van der Waals surface area contributed by atoms with Crippen molar-refractivity contribution in [3.05, 3.63) is 46.2 Å². The van der Waals surface area contributed by atoms with Gasteiger partial charge < -0.3 is 5.32 Å². The molecule has 0 atom stereocenters. The van der Waals surface area contributed by atoms with Crippen LogP contribution in [0.2, 0.25) is 0 Å². The van der Waals surface area contributed by atoms with Crippen molar-refractivity contribution in [3.63, 3.8) is 0 Å². The standard InChI is InChI=1S/C13H16FN3O2S2/c1-15-9-10-2-3-11(14)12(8-10)21(18,19)17-5-4-13-16-6-7-20-13/h2-3,6-8,15,17H,4-5,9H2,1H3. The molecule has 0 spiro atoms. The predicted octanol–water partition coefficient (Wildman–Crippen LogP) is 1.52. The third-order valence-corrected chi connectivity index (χ3v) is 5.10. The number of hydrogen-bond donors (Lipinski definition) is 2. The van der Waals surface area contributed by atoms with Crippen LogP contribution >= 0.6 is 11.3 Å². The van der Waals surface area contributed by atoms with E-state index in [1.54, 1.807) is 19.3 Å². The highest BCUT2D eigenvalue weighted by molar-refractivity contribution is 7.89. The molecule has 0 radical (unpaired) electrons. The van der Waals surface area contributed by atoms with E-state index in [2.05, 4.69) is 15.0 Å². The number of sulfonamides is 1. The van der Waals surface area contributed by atoms with Crippen LogP contribution in [0.4, 0.5) is 4.39 Å². The van der Waals surface area contributed by atoms with E-state index < -0.39 is 15.8 Å². The summed E-state index contributed by atoms with van der Waals surface area (Å²) in [5.74, 6) is -0.753. The molecule has 21 heavy (non-hydrogen) atoms. The van der Waals surface area contributed by atoms with Crippen molar-refractivity contribution in [3.8, 4) is 0 Å². The number of hydrogen-bond acceptors (Lipinski definition) is 5. The van der Waals surface area contributed by atoms with Gasteiger partial charge in [-0.3, -0.25) is 0 Å². The van der Waals surface area contributed by atoms with Crippen molar-refractivity contribution < 1.29 is 12.8 Å². The first kappa shape index (κ1) is 16.0. The first-order chi connectivity index (χ1) is 10.0. The lowest BCUT2D eigenvalue weighted by Crippen LogP contribution is -2.27. The first-order valence-corrected chi connectivity index (χ1v) is 8.70. The molecule has 0 amide bonds. The number of thiazole rings is 1. The molecule has 0 fully saturated rings. The summed E-state index contributed by atoms with van der Waals surface area (Å²) in [4.78, 5) is 3.74. The summed E-state index contributed by atoms with van der Waals surface area (Å²) in [6.07, 6.45) is 2.14. The smallest absolute Gasteiger partial charge is 0.243 e. The molecule has 2 N–H and O–H groups in total. The van der Waals surface area contributed by atoms with Gasteiger partial charge in [-0.15, -0.1) is 11.3 Å². The van der Waals surface area contributed by atoms with E-state index in [0.29, 0.717) is 18.5 Å². The van der Waals surface area contributed by atoms with Gasteiger partial charge in [0.1, 0.15) is 10.7 Å². The molecule has 0 saturated carbocycles. The second-order valence-electron chi connectivity index (χ2n) is 4.37. The number of benzene rings is 1. The molecule has 0 aliphatic rings. The fourth-order valence-electron chi connectivity index (χ4n) is 1.81. The lowest BCUT2D eigenvalue weighted by atomic mass is 10.2. The topological polar surface area (TPSA) is 71.1 Å². The zero-order valence-corrected chi connectivity index (χ0v) is 13.1. The van der Waals surface area contributed by atoms with E-state index in [9.17, 15) is 12.8 Å². The summed E-state index contributed by atoms with van der Waals surface area (Å²) in [5, 5.41) is 5.56. The second-order valence-corrected chi connectivity index (χ2v) is 7.08. The van der Waals surface area contributed by atoms with Gasteiger partial charge in [-0.1, -0.05) is 6.07 Å². The largest absolute Gasteiger partial charge is 0.316 e. The highest BCUT2D eigenvalue weighted by Crippen LogP contribution is 2.16. The molecule has 114 valence electrons. The van der Waals surface area contributed by atoms with E-state index in [-0.39, 0.29) is 11.4 Å². The molecule has 0 saturated heterocycles. The molecule has 0 bridgehead atoms. The third kappa shape index (κ3) is 4.31. The number of nitrogens with one attached hydrogen (secondary N) is 2. The van der Waals surface area contributed by atoms with Crippen LogP contribution in [0.1, 0.15) is 10.6 Å². The molecule has 1 heterocycles. The van der Waals surface area contributed by atoms with E-state index in [4.69, 9.17) is 0 Å². The molecule has 2 aromatic rings. The minimum atomic E-state index is -3.86. The van der Waals surface area contributed by atoms with Crippen LogP contribution in [0.15, 0.2) is 34.7 Å². The molecule has 0 aliphatic carbocycles. The Labute approximate surface area is 127 Å². The predicted molar refractivity (Wildman–Crippen MR) is 80.2 cm³/mol. The Balaban J connectivity index is 2.09. The highest BCUT2D eigenvalue weighted by Gasteiger charge is 2.19. The summed E-state index contributed by atoms with van der Waals surface area (Å²) >= 11 is 1.45. The molecule has 0 aliphatic heterocycles. The molecular weight excluding hydrogens is 313 g/mol. The summed E-state index contributed by atoms with van der Waals surface area (Å²) in [6, 6.07) is 4.07. The van der Waals surface area contributed by atoms with Crippen molar-refractivity contribution in [1.82, 2.24) is 15.0 Å². The molecule has 1 aromatic carbocycles. The maximum absolute atomic E-state index is 13.8. The lowest BCUT2D eigenvalue weighted by molar-refractivity contribution is 0.556. The Morgan fingerprint density at radius 1 is 1.38 bits per heavy atom. The average molecular weight is 329 g/mol. The Bertz CT molecular complexity index is 687. The van der Waals surface area contributed by atoms with Crippen molar-refractivity contribution in [2.75, 3.05) is 13.6 Å². The zero-order valence-electron chi connectivity index (χ0n) is 11.5. The fraction of sp³-hybridized carbons (Fsp3) is 0.308. The fourth-order valence-corrected chi connectivity index (χ4v) is 3.59. The molecule has 0 unspecified atom stereocenters. The van der Waals surface area contributed by atoms with Crippen molar-refractivity contribution in [1.29, 1.82) is 0 Å². The number of halogens is 1. The summed E-state index contributed by atoms with van der Waals surface area (Å²) < 4.78 is 40.5. The van der Waals surface area contributed by atoms with Gasteiger partial charge in [0.15, 0.2) is 0 Å². The van der Waals surface area contributed by atoms with E-state index >= 15 is 0 Å². The van der Waals surface area contributed by atoms with Gasteiger partial charge in [0, 0.05) is 31.1 Å². The van der Waals surface area contributed by atoms with Crippen LogP contribution in [0.5, 0.6) is 0 Å². The summed E-state index contributed by atoms with van der Waals surface area (Å²) in [7, 11) is -2.12. The minimum Gasteiger partial charge on any atom is -0.316 e. The van der Waals surface area contributed by atoms with Gasteiger partial charge in [-0.2, -0.15) is 0 Å². The first-order valence-electron chi connectivity index (χ1n) is 6.34. The van der Waals surface area contributed by atoms with E-state index in [1.807, 2.05) is 5.38 Å². The molecule has 2 rings (SSSR count). The van der Waals surface area contributed by atoms with Crippen LogP contribution in [0.25, 0.3) is 0 Å². The third-order valence-electron chi connectivity index (χ3n) is 2.78. The molecule has 5 nitrogen and oxygen atoms in total. The Morgan fingerprint density at radius 3 is 2.86 bits per heavy atom. The van der Waals surface area contributed by atoms with Crippen LogP contribution in [-0.2, 0) is 23.0 Å². The number of rotatable bonds is 7. The minimum absolute atomic E-state index is 0.186. The molecular formula is C13H16FN3O2S2. The van der Waals surface area contributed by atoms with E-state index in [0.717, 1.165) is 5.01 Å². The SMILES string of the molecule is CNCc1ccc(F)c(S(=O)(=O)NCCc2nccs2)c1. The van der Waals surface area contributed by atoms with Crippen molar-refractivity contribution in [2.24, 2.45) is 0 Å².